The molecule has 1 aromatic heterocycles. The van der Waals surface area contributed by atoms with Crippen LogP contribution in [0.2, 0.25) is 0 Å². The largest absolute Gasteiger partial charge is 0.487 e. The number of nitrogens with one attached hydrogen (secondary N) is 1. The van der Waals surface area contributed by atoms with E-state index in [1.165, 1.54) is 5.56 Å². The zero-order valence-electron chi connectivity index (χ0n) is 14.4. The number of hydrogen-bond acceptors (Lipinski definition) is 4. The Bertz CT molecular complexity index is 857. The third-order valence-electron chi connectivity index (χ3n) is 4.87. The van der Waals surface area contributed by atoms with Gasteiger partial charge in [-0.3, -0.25) is 4.79 Å². The molecule has 0 atom stereocenters. The minimum absolute atomic E-state index is 0.0420. The van der Waals surface area contributed by atoms with Gasteiger partial charge in [0.15, 0.2) is 0 Å². The molecule has 1 N–H and O–H groups in total. The van der Waals surface area contributed by atoms with Crippen LogP contribution >= 0.6 is 11.3 Å². The summed E-state index contributed by atoms with van der Waals surface area (Å²) in [6.07, 6.45) is 3.10. The first-order valence-electron chi connectivity index (χ1n) is 8.73. The smallest absolute Gasteiger partial charge is 0.251 e. The van der Waals surface area contributed by atoms with E-state index < -0.39 is 0 Å². The average molecular weight is 364 g/mol. The molecule has 3 aromatic rings. The van der Waals surface area contributed by atoms with Gasteiger partial charge < -0.3 is 10.1 Å². The summed E-state index contributed by atoms with van der Waals surface area (Å²) in [7, 11) is 0. The number of carbonyl (C=O) groups excluding carboxylic acids is 1. The van der Waals surface area contributed by atoms with Gasteiger partial charge in [-0.15, -0.1) is 11.3 Å². The maximum absolute atomic E-state index is 12.7. The zero-order chi connectivity index (χ0) is 17.8. The maximum Gasteiger partial charge on any atom is 0.251 e. The highest BCUT2D eigenvalue weighted by atomic mass is 32.1. The molecular formula is C21H20N2O2S. The van der Waals surface area contributed by atoms with Gasteiger partial charge in [0.2, 0.25) is 0 Å². The Morgan fingerprint density at radius 1 is 1.12 bits per heavy atom. The molecule has 0 spiro atoms. The zero-order valence-corrected chi connectivity index (χ0v) is 15.2. The first kappa shape index (κ1) is 16.8. The minimum atomic E-state index is -0.224. The van der Waals surface area contributed by atoms with Gasteiger partial charge in [-0.25, -0.2) is 4.98 Å². The number of amides is 1. The highest BCUT2D eigenvalue weighted by Crippen LogP contribution is 2.41. The predicted octanol–water partition coefficient (Wildman–Crippen LogP) is 4.53. The van der Waals surface area contributed by atoms with Gasteiger partial charge in [-0.1, -0.05) is 30.3 Å². The first-order chi connectivity index (χ1) is 12.8. The van der Waals surface area contributed by atoms with Crippen LogP contribution in [0, 0.1) is 0 Å². The molecule has 5 heteroatoms. The number of ether oxygens (including phenoxy) is 1. The molecule has 0 aliphatic heterocycles. The van der Waals surface area contributed by atoms with Gasteiger partial charge in [0.25, 0.3) is 5.91 Å². The molecule has 1 aliphatic rings. The van der Waals surface area contributed by atoms with E-state index in [1.807, 2.05) is 47.8 Å². The summed E-state index contributed by atoms with van der Waals surface area (Å²) >= 11 is 1.55. The van der Waals surface area contributed by atoms with Crippen LogP contribution in [0.25, 0.3) is 0 Å². The fourth-order valence-electron chi connectivity index (χ4n) is 3.23. The van der Waals surface area contributed by atoms with E-state index in [0.717, 1.165) is 30.7 Å². The average Bonchev–Trinajstić information content (AvgIpc) is 3.17. The molecule has 26 heavy (non-hydrogen) atoms. The molecule has 1 fully saturated rings. The number of hydrogen-bond donors (Lipinski definition) is 1. The second-order valence-corrected chi connectivity index (χ2v) is 7.27. The summed E-state index contributed by atoms with van der Waals surface area (Å²) < 4.78 is 5.70. The summed E-state index contributed by atoms with van der Waals surface area (Å²) in [5.74, 6) is 0.690. The normalized spacial score (nSPS) is 15.1. The Morgan fingerprint density at radius 2 is 1.88 bits per heavy atom. The lowest BCUT2D eigenvalue weighted by Gasteiger charge is -2.43. The summed E-state index contributed by atoms with van der Waals surface area (Å²) in [5, 5.41) is 5.21. The van der Waals surface area contributed by atoms with Crippen molar-refractivity contribution < 1.29 is 9.53 Å². The molecule has 1 saturated carbocycles. The number of nitrogens with zero attached hydrogens (tertiary/aromatic N) is 1. The Morgan fingerprint density at radius 3 is 2.50 bits per heavy atom. The van der Waals surface area contributed by atoms with Gasteiger partial charge in [0.1, 0.15) is 12.4 Å². The quantitative estimate of drug-likeness (QED) is 0.699. The van der Waals surface area contributed by atoms with E-state index in [4.69, 9.17) is 4.74 Å². The Balaban J connectivity index is 1.41. The van der Waals surface area contributed by atoms with Crippen LogP contribution in [0.5, 0.6) is 5.75 Å². The summed E-state index contributed by atoms with van der Waals surface area (Å²) in [4.78, 5) is 16.9. The predicted molar refractivity (Wildman–Crippen MR) is 102 cm³/mol. The van der Waals surface area contributed by atoms with Crippen molar-refractivity contribution in [2.45, 2.75) is 31.4 Å². The Kier molecular flexibility index (Phi) is 4.71. The third kappa shape index (κ3) is 3.48. The summed E-state index contributed by atoms with van der Waals surface area (Å²) in [6.45, 7) is 0.437. The van der Waals surface area contributed by atoms with Crippen LogP contribution in [0.3, 0.4) is 0 Å². The highest BCUT2D eigenvalue weighted by Gasteiger charge is 2.39. The van der Waals surface area contributed by atoms with E-state index in [1.54, 1.807) is 16.8 Å². The molecule has 4 rings (SSSR count). The van der Waals surface area contributed by atoms with Crippen molar-refractivity contribution in [3.05, 3.63) is 82.3 Å². The molecular weight excluding hydrogens is 344 g/mol. The molecule has 132 valence electrons. The lowest BCUT2D eigenvalue weighted by Crippen LogP contribution is -2.50. The number of thiazole rings is 1. The topological polar surface area (TPSA) is 51.2 Å². The van der Waals surface area contributed by atoms with Crippen LogP contribution in [-0.4, -0.2) is 10.9 Å². The van der Waals surface area contributed by atoms with Crippen LogP contribution in [-0.2, 0) is 12.1 Å². The van der Waals surface area contributed by atoms with Crippen molar-refractivity contribution in [1.29, 1.82) is 0 Å². The van der Waals surface area contributed by atoms with Crippen molar-refractivity contribution in [3.63, 3.8) is 0 Å². The number of carbonyl (C=O) groups is 1. The van der Waals surface area contributed by atoms with E-state index in [2.05, 4.69) is 22.4 Å². The van der Waals surface area contributed by atoms with Crippen molar-refractivity contribution in [1.82, 2.24) is 10.3 Å². The van der Waals surface area contributed by atoms with Crippen LogP contribution < -0.4 is 10.1 Å². The fourth-order valence-corrected chi connectivity index (χ4v) is 3.77. The van der Waals surface area contributed by atoms with E-state index in [9.17, 15) is 4.79 Å². The summed E-state index contributed by atoms with van der Waals surface area (Å²) in [5.41, 5.74) is 4.30. The van der Waals surface area contributed by atoms with Gasteiger partial charge in [-0.05, 0) is 49.1 Å². The number of rotatable bonds is 6. The number of aromatic nitrogens is 1. The molecule has 1 amide bonds. The van der Waals surface area contributed by atoms with E-state index in [-0.39, 0.29) is 11.4 Å². The molecule has 0 radical (unpaired) electrons. The van der Waals surface area contributed by atoms with E-state index >= 15 is 0 Å². The number of benzene rings is 2. The molecule has 0 unspecified atom stereocenters. The van der Waals surface area contributed by atoms with E-state index in [0.29, 0.717) is 12.2 Å². The van der Waals surface area contributed by atoms with Gasteiger partial charge >= 0.3 is 0 Å². The second kappa shape index (κ2) is 7.30. The molecule has 1 aliphatic carbocycles. The molecule has 2 aromatic carbocycles. The van der Waals surface area contributed by atoms with Crippen molar-refractivity contribution in [2.75, 3.05) is 0 Å². The standard InChI is InChI=1S/C21H20N2O2S/c24-20(23-21(11-4-12-21)17-5-2-1-3-6-17)16-7-9-19(10-8-16)25-13-18-14-26-15-22-18/h1-3,5-10,14-15H,4,11-13H2,(H,23,24). The van der Waals surface area contributed by atoms with Crippen LogP contribution in [0.15, 0.2) is 65.5 Å². The van der Waals surface area contributed by atoms with Crippen LogP contribution in [0.4, 0.5) is 0 Å². The van der Waals surface area contributed by atoms with Gasteiger partial charge in [-0.2, -0.15) is 0 Å². The fraction of sp³-hybridized carbons (Fsp3) is 0.238. The summed E-state index contributed by atoms with van der Waals surface area (Å²) in [6, 6.07) is 17.5. The van der Waals surface area contributed by atoms with Crippen molar-refractivity contribution >= 4 is 17.2 Å². The molecule has 4 nitrogen and oxygen atoms in total. The molecule has 0 bridgehead atoms. The van der Waals surface area contributed by atoms with Gasteiger partial charge in [0, 0.05) is 10.9 Å². The van der Waals surface area contributed by atoms with Gasteiger partial charge in [0.05, 0.1) is 16.7 Å². The maximum atomic E-state index is 12.7. The first-order valence-corrected chi connectivity index (χ1v) is 9.67. The monoisotopic (exact) mass is 364 g/mol. The molecule has 0 saturated heterocycles. The lowest BCUT2D eigenvalue weighted by molar-refractivity contribution is 0.0823. The van der Waals surface area contributed by atoms with Crippen molar-refractivity contribution in [2.24, 2.45) is 0 Å². The Hall–Kier alpha value is -2.66. The molecule has 1 heterocycles. The third-order valence-corrected chi connectivity index (χ3v) is 5.51. The lowest BCUT2D eigenvalue weighted by atomic mass is 9.71. The Labute approximate surface area is 156 Å². The van der Waals surface area contributed by atoms with Crippen molar-refractivity contribution in [3.8, 4) is 5.75 Å². The highest BCUT2D eigenvalue weighted by molar-refractivity contribution is 7.07. The van der Waals surface area contributed by atoms with Crippen LogP contribution in [0.1, 0.15) is 40.9 Å². The minimum Gasteiger partial charge on any atom is -0.487 e. The SMILES string of the molecule is O=C(NC1(c2ccccc2)CCC1)c1ccc(OCc2cscn2)cc1. The second-order valence-electron chi connectivity index (χ2n) is 6.55.